The summed E-state index contributed by atoms with van der Waals surface area (Å²) in [7, 11) is 0. The lowest BCUT2D eigenvalue weighted by Gasteiger charge is -2.12. The van der Waals surface area contributed by atoms with E-state index < -0.39 is 0 Å². The molecule has 0 aromatic carbocycles. The van der Waals surface area contributed by atoms with Crippen LogP contribution >= 0.6 is 0 Å². The molecule has 1 aromatic rings. The van der Waals surface area contributed by atoms with Gasteiger partial charge >= 0.3 is 0 Å². The van der Waals surface area contributed by atoms with Gasteiger partial charge in [0.25, 0.3) is 0 Å². The van der Waals surface area contributed by atoms with E-state index in [0.717, 1.165) is 24.1 Å². The van der Waals surface area contributed by atoms with Crippen molar-refractivity contribution in [2.24, 2.45) is 0 Å². The van der Waals surface area contributed by atoms with Crippen molar-refractivity contribution >= 4 is 5.78 Å². The molecule has 1 aromatic heterocycles. The van der Waals surface area contributed by atoms with Crippen molar-refractivity contribution < 1.29 is 9.53 Å². The van der Waals surface area contributed by atoms with Gasteiger partial charge in [0.15, 0.2) is 5.78 Å². The summed E-state index contributed by atoms with van der Waals surface area (Å²) < 4.78 is 5.16. The van der Waals surface area contributed by atoms with Crippen LogP contribution in [-0.4, -0.2) is 17.4 Å². The van der Waals surface area contributed by atoms with Gasteiger partial charge in [-0.15, -0.1) is 0 Å². The number of pyridine rings is 1. The monoisotopic (exact) mass is 203 g/mol. The predicted octanol–water partition coefficient (Wildman–Crippen LogP) is 2.27. The number of rotatable bonds is 2. The van der Waals surface area contributed by atoms with Gasteiger partial charge < -0.3 is 4.74 Å². The number of aryl methyl sites for hydroxylation is 1. The van der Waals surface area contributed by atoms with Crippen LogP contribution in [0.3, 0.4) is 0 Å². The van der Waals surface area contributed by atoms with Crippen molar-refractivity contribution in [2.45, 2.75) is 19.8 Å². The molecule has 0 N–H and O–H groups in total. The summed E-state index contributed by atoms with van der Waals surface area (Å²) in [6, 6.07) is 3.54. The number of ketones is 1. The van der Waals surface area contributed by atoms with E-state index in [1.54, 1.807) is 24.6 Å². The largest absolute Gasteiger partial charge is 0.501 e. The van der Waals surface area contributed by atoms with Crippen molar-refractivity contribution in [2.75, 3.05) is 6.61 Å². The number of hydrogen-bond acceptors (Lipinski definition) is 3. The van der Waals surface area contributed by atoms with Gasteiger partial charge in [0.05, 0.1) is 12.9 Å². The van der Waals surface area contributed by atoms with Crippen molar-refractivity contribution in [3.8, 4) is 0 Å². The third-order valence-corrected chi connectivity index (χ3v) is 2.38. The van der Waals surface area contributed by atoms with E-state index in [2.05, 4.69) is 4.98 Å². The van der Waals surface area contributed by atoms with Crippen molar-refractivity contribution in [3.63, 3.8) is 0 Å². The van der Waals surface area contributed by atoms with E-state index in [1.165, 1.54) is 0 Å². The van der Waals surface area contributed by atoms with Crippen LogP contribution in [0, 0.1) is 6.92 Å². The minimum Gasteiger partial charge on any atom is -0.501 e. The Balaban J connectivity index is 2.24. The molecule has 0 amide bonds. The summed E-state index contributed by atoms with van der Waals surface area (Å²) in [5.74, 6) is 0.0557. The minimum absolute atomic E-state index is 0.0557. The Labute approximate surface area is 88.8 Å². The second-order valence-electron chi connectivity index (χ2n) is 3.63. The molecular weight excluding hydrogens is 190 g/mol. The fourth-order valence-corrected chi connectivity index (χ4v) is 1.60. The average Bonchev–Trinajstić information content (AvgIpc) is 2.29. The predicted molar refractivity (Wildman–Crippen MR) is 56.6 cm³/mol. The summed E-state index contributed by atoms with van der Waals surface area (Å²) in [6.07, 6.45) is 4.97. The number of Topliss-reactive ketones (excluding diaryl/α,β-unsaturated/α-hetero) is 1. The topological polar surface area (TPSA) is 39.2 Å². The summed E-state index contributed by atoms with van der Waals surface area (Å²) in [4.78, 5) is 16.0. The molecular formula is C12H13NO2. The molecule has 0 saturated carbocycles. The van der Waals surface area contributed by atoms with E-state index >= 15 is 0 Å². The highest BCUT2D eigenvalue weighted by atomic mass is 16.5. The van der Waals surface area contributed by atoms with Crippen LogP contribution in [0.2, 0.25) is 0 Å². The van der Waals surface area contributed by atoms with Gasteiger partial charge in [-0.1, -0.05) is 0 Å². The first kappa shape index (κ1) is 9.90. The van der Waals surface area contributed by atoms with E-state index in [1.807, 2.05) is 6.92 Å². The Hall–Kier alpha value is -1.64. The van der Waals surface area contributed by atoms with Crippen LogP contribution in [0.5, 0.6) is 0 Å². The lowest BCUT2D eigenvalue weighted by atomic mass is 10.0. The molecule has 0 aliphatic carbocycles. The normalized spacial score (nSPS) is 15.4. The molecule has 1 aliphatic rings. The first-order valence-electron chi connectivity index (χ1n) is 5.05. The van der Waals surface area contributed by atoms with E-state index in [9.17, 15) is 4.79 Å². The molecule has 2 rings (SSSR count). The number of aromatic nitrogens is 1. The van der Waals surface area contributed by atoms with Gasteiger partial charge in [0.2, 0.25) is 0 Å². The zero-order chi connectivity index (χ0) is 10.7. The first-order valence-corrected chi connectivity index (χ1v) is 5.05. The molecule has 2 heterocycles. The first-order chi connectivity index (χ1) is 7.27. The summed E-state index contributed by atoms with van der Waals surface area (Å²) in [6.45, 7) is 2.59. The Morgan fingerprint density at radius 1 is 1.53 bits per heavy atom. The summed E-state index contributed by atoms with van der Waals surface area (Å²) in [5, 5.41) is 0. The van der Waals surface area contributed by atoms with Crippen LogP contribution in [0.15, 0.2) is 30.2 Å². The van der Waals surface area contributed by atoms with Crippen molar-refractivity contribution in [3.05, 3.63) is 41.4 Å². The maximum atomic E-state index is 12.0. The highest BCUT2D eigenvalue weighted by Gasteiger charge is 2.15. The average molecular weight is 203 g/mol. The van der Waals surface area contributed by atoms with Crippen molar-refractivity contribution in [1.82, 2.24) is 4.98 Å². The van der Waals surface area contributed by atoms with E-state index in [4.69, 9.17) is 4.74 Å². The third kappa shape index (κ3) is 2.24. The number of ether oxygens (including phenoxy) is 1. The lowest BCUT2D eigenvalue weighted by Crippen LogP contribution is -2.09. The molecule has 0 spiro atoms. The summed E-state index contributed by atoms with van der Waals surface area (Å²) >= 11 is 0. The summed E-state index contributed by atoms with van der Waals surface area (Å²) in [5.41, 5.74) is 2.31. The third-order valence-electron chi connectivity index (χ3n) is 2.38. The van der Waals surface area contributed by atoms with Crippen LogP contribution in [-0.2, 0) is 4.74 Å². The molecule has 3 heteroatoms. The smallest absolute Gasteiger partial charge is 0.192 e. The Morgan fingerprint density at radius 2 is 2.40 bits per heavy atom. The molecule has 3 nitrogen and oxygen atoms in total. The molecule has 0 bridgehead atoms. The Bertz CT molecular complexity index is 410. The maximum Gasteiger partial charge on any atom is 0.192 e. The fourth-order valence-electron chi connectivity index (χ4n) is 1.60. The lowest BCUT2D eigenvalue weighted by molar-refractivity contribution is 0.101. The second-order valence-corrected chi connectivity index (χ2v) is 3.63. The zero-order valence-electron chi connectivity index (χ0n) is 8.69. The van der Waals surface area contributed by atoms with Gasteiger partial charge in [-0.3, -0.25) is 9.78 Å². The molecule has 15 heavy (non-hydrogen) atoms. The molecule has 0 saturated heterocycles. The molecule has 0 fully saturated rings. The van der Waals surface area contributed by atoms with Crippen LogP contribution in [0.4, 0.5) is 0 Å². The van der Waals surface area contributed by atoms with E-state index in [0.29, 0.717) is 12.2 Å². The molecule has 78 valence electrons. The van der Waals surface area contributed by atoms with Gasteiger partial charge in [0.1, 0.15) is 0 Å². The SMILES string of the molecule is Cc1cc(C(=O)C2=COCCC2)ccn1. The fraction of sp³-hybridized carbons (Fsp3) is 0.333. The van der Waals surface area contributed by atoms with E-state index in [-0.39, 0.29) is 5.78 Å². The molecule has 1 aliphatic heterocycles. The maximum absolute atomic E-state index is 12.0. The number of hydrogen-bond donors (Lipinski definition) is 0. The standard InChI is InChI=1S/C12H13NO2/c1-9-7-10(4-5-13-9)12(14)11-3-2-6-15-8-11/h4-5,7-8H,2-3,6H2,1H3. The number of carbonyl (C=O) groups excluding carboxylic acids is 1. The second kappa shape index (κ2) is 4.26. The van der Waals surface area contributed by atoms with Crippen molar-refractivity contribution in [1.29, 1.82) is 0 Å². The van der Waals surface area contributed by atoms with Gasteiger partial charge in [-0.2, -0.15) is 0 Å². The highest BCUT2D eigenvalue weighted by molar-refractivity contribution is 6.08. The molecule has 0 unspecified atom stereocenters. The number of carbonyl (C=O) groups is 1. The highest BCUT2D eigenvalue weighted by Crippen LogP contribution is 2.17. The number of allylic oxidation sites excluding steroid dienone is 1. The number of nitrogens with zero attached hydrogens (tertiary/aromatic N) is 1. The zero-order valence-corrected chi connectivity index (χ0v) is 8.69. The molecule has 0 radical (unpaired) electrons. The van der Waals surface area contributed by atoms with Crippen LogP contribution in [0.25, 0.3) is 0 Å². The van der Waals surface area contributed by atoms with Crippen LogP contribution in [0.1, 0.15) is 28.9 Å². The molecule has 0 atom stereocenters. The Morgan fingerprint density at radius 3 is 3.07 bits per heavy atom. The van der Waals surface area contributed by atoms with Gasteiger partial charge in [0, 0.05) is 23.0 Å². The minimum atomic E-state index is 0.0557. The Kier molecular flexibility index (Phi) is 2.81. The van der Waals surface area contributed by atoms with Gasteiger partial charge in [-0.05, 0) is 31.9 Å². The quantitative estimate of drug-likeness (QED) is 0.692. The van der Waals surface area contributed by atoms with Crippen LogP contribution < -0.4 is 0 Å². The van der Waals surface area contributed by atoms with Gasteiger partial charge in [-0.25, -0.2) is 0 Å².